The molecule has 1 aliphatic rings. The van der Waals surface area contributed by atoms with Crippen molar-refractivity contribution < 1.29 is 9.13 Å². The Labute approximate surface area is 125 Å². The number of halogens is 1. The van der Waals surface area contributed by atoms with Crippen LogP contribution in [0.5, 0.6) is 5.75 Å². The van der Waals surface area contributed by atoms with Gasteiger partial charge in [-0.15, -0.1) is 0 Å². The maximum absolute atomic E-state index is 12.9. The highest BCUT2D eigenvalue weighted by molar-refractivity contribution is 5.33. The molecule has 2 aromatic carbocycles. The Balaban J connectivity index is 1.50. The largest absolute Gasteiger partial charge is 0.496 e. The number of methoxy groups -OCH3 is 1. The second kappa shape index (κ2) is 6.27. The van der Waals surface area contributed by atoms with Crippen molar-refractivity contribution in [1.82, 2.24) is 5.32 Å². The number of hydrogen-bond donors (Lipinski definition) is 1. The zero-order valence-electron chi connectivity index (χ0n) is 12.2. The highest BCUT2D eigenvalue weighted by atomic mass is 19.1. The second-order valence-electron chi connectivity index (χ2n) is 5.61. The van der Waals surface area contributed by atoms with Crippen molar-refractivity contribution >= 4 is 0 Å². The molecule has 0 spiro atoms. The molecule has 0 aromatic heterocycles. The van der Waals surface area contributed by atoms with E-state index >= 15 is 0 Å². The van der Waals surface area contributed by atoms with Crippen molar-refractivity contribution in [2.75, 3.05) is 7.11 Å². The molecule has 0 heterocycles. The number of para-hydroxylation sites is 1. The van der Waals surface area contributed by atoms with Gasteiger partial charge in [0.1, 0.15) is 11.6 Å². The van der Waals surface area contributed by atoms with Crippen LogP contribution in [-0.4, -0.2) is 13.2 Å². The van der Waals surface area contributed by atoms with Crippen LogP contribution < -0.4 is 10.1 Å². The number of ether oxygens (including phenoxy) is 1. The third-order valence-corrected chi connectivity index (χ3v) is 4.25. The Kier molecular flexibility index (Phi) is 4.20. The van der Waals surface area contributed by atoms with Crippen molar-refractivity contribution in [3.05, 3.63) is 65.5 Å². The lowest BCUT2D eigenvalue weighted by molar-refractivity contribution is 0.287. The molecular formula is C18H20FNO. The van der Waals surface area contributed by atoms with Gasteiger partial charge < -0.3 is 10.1 Å². The Bertz CT molecular complexity index is 590. The average molecular weight is 285 g/mol. The first-order valence-corrected chi connectivity index (χ1v) is 7.37. The van der Waals surface area contributed by atoms with Gasteiger partial charge in [0.05, 0.1) is 7.11 Å². The van der Waals surface area contributed by atoms with Crippen molar-refractivity contribution in [3.63, 3.8) is 0 Å². The highest BCUT2D eigenvalue weighted by Gasteiger charge is 2.29. The van der Waals surface area contributed by atoms with Crippen LogP contribution in [0.3, 0.4) is 0 Å². The molecule has 3 heteroatoms. The van der Waals surface area contributed by atoms with Crippen LogP contribution in [0.25, 0.3) is 0 Å². The molecule has 1 N–H and O–H groups in total. The molecule has 0 unspecified atom stereocenters. The third kappa shape index (κ3) is 3.24. The van der Waals surface area contributed by atoms with Gasteiger partial charge in [0, 0.05) is 18.2 Å². The van der Waals surface area contributed by atoms with Crippen LogP contribution >= 0.6 is 0 Å². The van der Waals surface area contributed by atoms with Gasteiger partial charge in [0.15, 0.2) is 0 Å². The lowest BCUT2D eigenvalue weighted by Crippen LogP contribution is -2.39. The van der Waals surface area contributed by atoms with Gasteiger partial charge >= 0.3 is 0 Å². The van der Waals surface area contributed by atoms with E-state index in [4.69, 9.17) is 4.74 Å². The number of rotatable bonds is 5. The minimum atomic E-state index is -0.163. The first-order chi connectivity index (χ1) is 10.3. The monoisotopic (exact) mass is 285 g/mol. The second-order valence-corrected chi connectivity index (χ2v) is 5.61. The summed E-state index contributed by atoms with van der Waals surface area (Å²) < 4.78 is 18.3. The average Bonchev–Trinajstić information content (AvgIpc) is 2.48. The molecule has 0 radical (unpaired) electrons. The van der Waals surface area contributed by atoms with E-state index in [1.165, 1.54) is 11.1 Å². The van der Waals surface area contributed by atoms with Gasteiger partial charge in [-0.3, -0.25) is 0 Å². The Morgan fingerprint density at radius 1 is 1.10 bits per heavy atom. The standard InChI is InChI=1S/C18H20FNO/c1-21-18-5-3-2-4-14(18)12-20-17-10-15(11-17)13-6-8-16(19)9-7-13/h2-9,15,17,20H,10-12H2,1H3. The minimum absolute atomic E-state index is 0.163. The van der Waals surface area contributed by atoms with Gasteiger partial charge in [-0.1, -0.05) is 30.3 Å². The fourth-order valence-electron chi connectivity index (χ4n) is 2.89. The summed E-state index contributed by atoms with van der Waals surface area (Å²) in [6, 6.07) is 15.5. The van der Waals surface area contributed by atoms with Crippen LogP contribution in [-0.2, 0) is 6.54 Å². The van der Waals surface area contributed by atoms with Crippen molar-refractivity contribution in [2.45, 2.75) is 31.3 Å². The SMILES string of the molecule is COc1ccccc1CNC1CC(c2ccc(F)cc2)C1. The molecule has 2 nitrogen and oxygen atoms in total. The predicted molar refractivity (Wildman–Crippen MR) is 82.0 cm³/mol. The minimum Gasteiger partial charge on any atom is -0.496 e. The van der Waals surface area contributed by atoms with Crippen molar-refractivity contribution in [1.29, 1.82) is 0 Å². The smallest absolute Gasteiger partial charge is 0.123 e. The Morgan fingerprint density at radius 2 is 1.81 bits per heavy atom. The molecule has 1 saturated carbocycles. The molecule has 0 atom stereocenters. The molecule has 110 valence electrons. The summed E-state index contributed by atoms with van der Waals surface area (Å²) in [4.78, 5) is 0. The van der Waals surface area contributed by atoms with Gasteiger partial charge in [-0.2, -0.15) is 0 Å². The quantitative estimate of drug-likeness (QED) is 0.900. The van der Waals surface area contributed by atoms with E-state index in [2.05, 4.69) is 11.4 Å². The van der Waals surface area contributed by atoms with Gasteiger partial charge in [0.25, 0.3) is 0 Å². The Morgan fingerprint density at radius 3 is 2.52 bits per heavy atom. The first kappa shape index (κ1) is 14.1. The first-order valence-electron chi connectivity index (χ1n) is 7.37. The molecule has 0 aliphatic heterocycles. The molecule has 0 amide bonds. The number of hydrogen-bond acceptors (Lipinski definition) is 2. The molecule has 1 aliphatic carbocycles. The topological polar surface area (TPSA) is 21.3 Å². The summed E-state index contributed by atoms with van der Waals surface area (Å²) in [6.45, 7) is 0.824. The zero-order valence-corrected chi connectivity index (χ0v) is 12.2. The van der Waals surface area contributed by atoms with E-state index in [0.717, 1.165) is 25.1 Å². The van der Waals surface area contributed by atoms with Crippen LogP contribution in [0.2, 0.25) is 0 Å². The zero-order chi connectivity index (χ0) is 14.7. The summed E-state index contributed by atoms with van der Waals surface area (Å²) in [6.07, 6.45) is 2.22. The molecule has 1 fully saturated rings. The molecule has 2 aromatic rings. The summed E-state index contributed by atoms with van der Waals surface area (Å²) in [5, 5.41) is 3.57. The maximum atomic E-state index is 12.9. The highest BCUT2D eigenvalue weighted by Crippen LogP contribution is 2.37. The number of nitrogens with one attached hydrogen (secondary N) is 1. The van der Waals surface area contributed by atoms with Crippen LogP contribution in [0, 0.1) is 5.82 Å². The van der Waals surface area contributed by atoms with Gasteiger partial charge in [0.2, 0.25) is 0 Å². The van der Waals surface area contributed by atoms with Crippen molar-refractivity contribution in [2.24, 2.45) is 0 Å². The summed E-state index contributed by atoms with van der Waals surface area (Å²) >= 11 is 0. The van der Waals surface area contributed by atoms with Crippen molar-refractivity contribution in [3.8, 4) is 5.75 Å². The number of benzene rings is 2. The summed E-state index contributed by atoms with van der Waals surface area (Å²) in [5.74, 6) is 1.32. The van der Waals surface area contributed by atoms with E-state index in [1.807, 2.05) is 30.3 Å². The molecule has 0 bridgehead atoms. The molecule has 21 heavy (non-hydrogen) atoms. The maximum Gasteiger partial charge on any atom is 0.123 e. The van der Waals surface area contributed by atoms with E-state index in [0.29, 0.717) is 12.0 Å². The van der Waals surface area contributed by atoms with Gasteiger partial charge in [-0.25, -0.2) is 4.39 Å². The van der Waals surface area contributed by atoms with Crippen LogP contribution in [0.1, 0.15) is 29.9 Å². The lowest BCUT2D eigenvalue weighted by Gasteiger charge is -2.36. The molecule has 3 rings (SSSR count). The van der Waals surface area contributed by atoms with Crippen LogP contribution in [0.4, 0.5) is 4.39 Å². The van der Waals surface area contributed by atoms with Gasteiger partial charge in [-0.05, 0) is 42.5 Å². The van der Waals surface area contributed by atoms with E-state index in [-0.39, 0.29) is 5.82 Å². The Hall–Kier alpha value is -1.87. The fraction of sp³-hybridized carbons (Fsp3) is 0.333. The summed E-state index contributed by atoms with van der Waals surface area (Å²) in [5.41, 5.74) is 2.43. The predicted octanol–water partition coefficient (Wildman–Crippen LogP) is 3.87. The normalized spacial score (nSPS) is 20.9. The third-order valence-electron chi connectivity index (χ3n) is 4.25. The van der Waals surface area contributed by atoms with Crippen LogP contribution in [0.15, 0.2) is 48.5 Å². The van der Waals surface area contributed by atoms with E-state index in [9.17, 15) is 4.39 Å². The molecule has 0 saturated heterocycles. The lowest BCUT2D eigenvalue weighted by atomic mass is 9.76. The molecular weight excluding hydrogens is 265 g/mol. The van der Waals surface area contributed by atoms with E-state index in [1.54, 1.807) is 19.2 Å². The van der Waals surface area contributed by atoms with E-state index < -0.39 is 0 Å². The fourth-order valence-corrected chi connectivity index (χ4v) is 2.89. The summed E-state index contributed by atoms with van der Waals surface area (Å²) in [7, 11) is 1.70.